The second kappa shape index (κ2) is 6.65. The summed E-state index contributed by atoms with van der Waals surface area (Å²) < 4.78 is 1.95. The Morgan fingerprint density at radius 1 is 1.16 bits per heavy atom. The van der Waals surface area contributed by atoms with Crippen LogP contribution in [0.1, 0.15) is 30.3 Å². The van der Waals surface area contributed by atoms with Crippen molar-refractivity contribution < 1.29 is 4.79 Å². The summed E-state index contributed by atoms with van der Waals surface area (Å²) >= 11 is 12.0. The van der Waals surface area contributed by atoms with Crippen molar-refractivity contribution in [2.45, 2.75) is 25.3 Å². The number of hydrogen-bond donors (Lipinski definition) is 0. The quantitative estimate of drug-likeness (QED) is 0.697. The van der Waals surface area contributed by atoms with Gasteiger partial charge in [0.25, 0.3) is 0 Å². The van der Waals surface area contributed by atoms with Gasteiger partial charge in [0.2, 0.25) is 5.91 Å². The molecule has 1 aliphatic heterocycles. The van der Waals surface area contributed by atoms with Gasteiger partial charge >= 0.3 is 0 Å². The number of pyridine rings is 1. The highest BCUT2D eigenvalue weighted by Gasteiger charge is 2.33. The number of carbonyl (C=O) groups is 1. The Morgan fingerprint density at radius 3 is 2.88 bits per heavy atom. The molecule has 0 spiro atoms. The average Bonchev–Trinajstić information content (AvgIpc) is 3.24. The minimum atomic E-state index is -0.0485. The topological polar surface area (TPSA) is 50.5 Å². The van der Waals surface area contributed by atoms with Crippen molar-refractivity contribution in [2.24, 2.45) is 0 Å². The highest BCUT2D eigenvalue weighted by Crippen LogP contribution is 2.32. The third-order valence-electron chi connectivity index (χ3n) is 4.55. The lowest BCUT2D eigenvalue weighted by atomic mass is 10.1. The maximum absolute atomic E-state index is 12.8. The third kappa shape index (κ3) is 3.10. The van der Waals surface area contributed by atoms with Crippen LogP contribution in [0.5, 0.6) is 0 Å². The van der Waals surface area contributed by atoms with Crippen LogP contribution in [0.15, 0.2) is 42.6 Å². The van der Waals surface area contributed by atoms with Crippen molar-refractivity contribution in [2.75, 3.05) is 6.54 Å². The summed E-state index contributed by atoms with van der Waals surface area (Å²) in [6.07, 6.45) is 4.08. The summed E-state index contributed by atoms with van der Waals surface area (Å²) in [4.78, 5) is 14.7. The second-order valence-corrected chi connectivity index (χ2v) is 6.97. The fourth-order valence-corrected chi connectivity index (χ4v) is 3.67. The number of rotatable bonds is 3. The van der Waals surface area contributed by atoms with Crippen LogP contribution in [-0.4, -0.2) is 31.9 Å². The molecule has 0 bridgehead atoms. The average molecular weight is 375 g/mol. The van der Waals surface area contributed by atoms with Crippen LogP contribution in [0, 0.1) is 0 Å². The molecule has 2 aromatic heterocycles. The van der Waals surface area contributed by atoms with E-state index in [2.05, 4.69) is 10.2 Å². The second-order valence-electron chi connectivity index (χ2n) is 6.16. The van der Waals surface area contributed by atoms with Gasteiger partial charge in [-0.15, -0.1) is 10.2 Å². The van der Waals surface area contributed by atoms with E-state index in [1.807, 2.05) is 39.8 Å². The summed E-state index contributed by atoms with van der Waals surface area (Å²) in [7, 11) is 0. The first-order chi connectivity index (χ1) is 12.1. The van der Waals surface area contributed by atoms with E-state index in [1.54, 1.807) is 12.1 Å². The Morgan fingerprint density at radius 2 is 2.04 bits per heavy atom. The van der Waals surface area contributed by atoms with Gasteiger partial charge in [0.1, 0.15) is 0 Å². The van der Waals surface area contributed by atoms with E-state index in [0.29, 0.717) is 16.5 Å². The first-order valence-corrected chi connectivity index (χ1v) is 8.92. The molecule has 7 heteroatoms. The molecule has 1 saturated heterocycles. The van der Waals surface area contributed by atoms with Crippen molar-refractivity contribution in [3.63, 3.8) is 0 Å². The van der Waals surface area contributed by atoms with E-state index in [4.69, 9.17) is 23.2 Å². The number of fused-ring (bicyclic) bond motifs is 1. The molecule has 0 saturated carbocycles. The van der Waals surface area contributed by atoms with Gasteiger partial charge < -0.3 is 4.90 Å². The van der Waals surface area contributed by atoms with Gasteiger partial charge in [-0.25, -0.2) is 0 Å². The predicted octanol–water partition coefficient (Wildman–Crippen LogP) is 3.94. The van der Waals surface area contributed by atoms with Crippen LogP contribution in [0.2, 0.25) is 10.0 Å². The molecule has 1 aromatic carbocycles. The largest absolute Gasteiger partial charge is 0.332 e. The van der Waals surface area contributed by atoms with Crippen LogP contribution in [0.25, 0.3) is 5.65 Å². The SMILES string of the molecule is O=C(Cc1ccc(Cl)c(Cl)c1)N1CCC[C@@H]1c1nnc2ccccn12. The molecule has 25 heavy (non-hydrogen) atoms. The van der Waals surface area contributed by atoms with Crippen molar-refractivity contribution >= 4 is 34.8 Å². The molecule has 128 valence electrons. The number of likely N-dealkylation sites (tertiary alicyclic amines) is 1. The monoisotopic (exact) mass is 374 g/mol. The number of nitrogens with zero attached hydrogens (tertiary/aromatic N) is 4. The summed E-state index contributed by atoms with van der Waals surface area (Å²) in [5.41, 5.74) is 1.65. The van der Waals surface area contributed by atoms with Gasteiger partial charge in [0, 0.05) is 12.7 Å². The van der Waals surface area contributed by atoms with E-state index < -0.39 is 0 Å². The zero-order chi connectivity index (χ0) is 17.4. The number of benzene rings is 1. The Hall–Kier alpha value is -2.11. The third-order valence-corrected chi connectivity index (χ3v) is 5.29. The Labute approximate surface area is 155 Å². The maximum Gasteiger partial charge on any atom is 0.227 e. The first kappa shape index (κ1) is 16.4. The zero-order valence-electron chi connectivity index (χ0n) is 13.4. The minimum Gasteiger partial charge on any atom is -0.332 e. The highest BCUT2D eigenvalue weighted by atomic mass is 35.5. The number of aromatic nitrogens is 3. The molecule has 1 atom stereocenters. The van der Waals surface area contributed by atoms with E-state index in [9.17, 15) is 4.79 Å². The number of amides is 1. The lowest BCUT2D eigenvalue weighted by Gasteiger charge is -2.23. The molecule has 1 amide bonds. The van der Waals surface area contributed by atoms with E-state index in [-0.39, 0.29) is 11.9 Å². The Kier molecular flexibility index (Phi) is 4.36. The molecular formula is C18H16Cl2N4O. The molecule has 1 aliphatic rings. The highest BCUT2D eigenvalue weighted by molar-refractivity contribution is 6.42. The molecular weight excluding hydrogens is 359 g/mol. The fourth-order valence-electron chi connectivity index (χ4n) is 3.35. The smallest absolute Gasteiger partial charge is 0.227 e. The van der Waals surface area contributed by atoms with Crippen LogP contribution >= 0.6 is 23.2 Å². The van der Waals surface area contributed by atoms with Gasteiger partial charge in [-0.2, -0.15) is 0 Å². The van der Waals surface area contributed by atoms with Crippen molar-refractivity contribution in [3.8, 4) is 0 Å². The lowest BCUT2D eigenvalue weighted by molar-refractivity contribution is -0.131. The Bertz CT molecular complexity index is 940. The summed E-state index contributed by atoms with van der Waals surface area (Å²) in [5, 5.41) is 9.49. The predicted molar refractivity (Wildman–Crippen MR) is 96.8 cm³/mol. The molecule has 0 unspecified atom stereocenters. The van der Waals surface area contributed by atoms with Gasteiger partial charge in [-0.1, -0.05) is 35.3 Å². The van der Waals surface area contributed by atoms with E-state index in [1.165, 1.54) is 0 Å². The Balaban J connectivity index is 1.58. The van der Waals surface area contributed by atoms with Crippen molar-refractivity contribution in [1.29, 1.82) is 0 Å². The maximum atomic E-state index is 12.8. The van der Waals surface area contributed by atoms with Gasteiger partial charge in [-0.3, -0.25) is 9.20 Å². The number of halogens is 2. The molecule has 1 fully saturated rings. The van der Waals surface area contributed by atoms with Crippen LogP contribution in [0.3, 0.4) is 0 Å². The molecule has 0 N–H and O–H groups in total. The molecule has 3 heterocycles. The standard InChI is InChI=1S/C18H16Cl2N4O/c19-13-7-6-12(10-14(13)20)11-17(25)23-9-3-4-15(23)18-22-21-16-5-1-2-8-24(16)18/h1-2,5-8,10,15H,3-4,9,11H2/t15-/m1/s1. The number of hydrogen-bond acceptors (Lipinski definition) is 3. The van der Waals surface area contributed by atoms with Gasteiger partial charge in [0.05, 0.1) is 22.5 Å². The molecule has 0 radical (unpaired) electrons. The lowest BCUT2D eigenvalue weighted by Crippen LogP contribution is -2.32. The molecule has 4 rings (SSSR count). The summed E-state index contributed by atoms with van der Waals surface area (Å²) in [5.74, 6) is 0.879. The van der Waals surface area contributed by atoms with Crippen molar-refractivity contribution in [1.82, 2.24) is 19.5 Å². The van der Waals surface area contributed by atoms with Gasteiger partial charge in [-0.05, 0) is 42.7 Å². The zero-order valence-corrected chi connectivity index (χ0v) is 14.9. The van der Waals surface area contributed by atoms with Crippen LogP contribution in [0.4, 0.5) is 0 Å². The van der Waals surface area contributed by atoms with Crippen molar-refractivity contribution in [3.05, 3.63) is 64.0 Å². The van der Waals surface area contributed by atoms with Crippen LogP contribution < -0.4 is 0 Å². The normalized spacial score (nSPS) is 17.4. The van der Waals surface area contributed by atoms with E-state index in [0.717, 1.165) is 36.4 Å². The molecule has 5 nitrogen and oxygen atoms in total. The summed E-state index contributed by atoms with van der Waals surface area (Å²) in [6.45, 7) is 0.729. The fraction of sp³-hybridized carbons (Fsp3) is 0.278. The first-order valence-electron chi connectivity index (χ1n) is 8.16. The minimum absolute atomic E-state index is 0.0485. The number of carbonyl (C=O) groups excluding carboxylic acids is 1. The summed E-state index contributed by atoms with van der Waals surface area (Å²) in [6, 6.07) is 11.0. The van der Waals surface area contributed by atoms with Gasteiger partial charge in [0.15, 0.2) is 11.5 Å². The van der Waals surface area contributed by atoms with Crippen LogP contribution in [-0.2, 0) is 11.2 Å². The molecule has 0 aliphatic carbocycles. The molecule has 3 aromatic rings. The van der Waals surface area contributed by atoms with E-state index >= 15 is 0 Å².